The number of allylic oxidation sites excluding steroid dienone is 2. The quantitative estimate of drug-likeness (QED) is 0.422. The first-order valence-corrected chi connectivity index (χ1v) is 11.9. The van der Waals surface area contributed by atoms with Gasteiger partial charge in [-0.05, 0) is 116 Å². The molecule has 5 aliphatic carbocycles. The maximum Gasteiger partial charge on any atom is -0.00824 e. The summed E-state index contributed by atoms with van der Waals surface area (Å²) >= 11 is 0. The van der Waals surface area contributed by atoms with Crippen LogP contribution in [0.1, 0.15) is 106 Å². The predicted octanol–water partition coefficient (Wildman–Crippen LogP) is 7.78. The Bertz CT molecular complexity index is 653. The Morgan fingerprint density at radius 3 is 2.42 bits per heavy atom. The molecule has 0 N–H and O–H groups in total. The first kappa shape index (κ1) is 17.8. The smallest absolute Gasteiger partial charge is 0.00824 e. The van der Waals surface area contributed by atoms with Crippen LogP contribution in [0.4, 0.5) is 0 Å². The van der Waals surface area contributed by atoms with Gasteiger partial charge in [-0.3, -0.25) is 0 Å². The molecular formula is C26H42. The number of fused-ring (bicyclic) bond motifs is 2. The van der Waals surface area contributed by atoms with E-state index in [1.54, 1.807) is 37.7 Å². The molecule has 0 amide bonds. The Labute approximate surface area is 162 Å². The van der Waals surface area contributed by atoms with Crippen molar-refractivity contribution >= 4 is 0 Å². The molecule has 0 aromatic carbocycles. The second-order valence-electron chi connectivity index (χ2n) is 12.2. The Hall–Kier alpha value is -0.260. The SMILES string of the molecule is CC/C(C)=C1\CCC2C3CCC4C(C)(C)C(C)CCC45CC35CCC12C. The fourth-order valence-corrected chi connectivity index (χ4v) is 9.79. The molecule has 0 aliphatic heterocycles. The molecule has 0 saturated heterocycles. The highest BCUT2D eigenvalue weighted by molar-refractivity contribution is 5.34. The van der Waals surface area contributed by atoms with E-state index in [4.69, 9.17) is 0 Å². The van der Waals surface area contributed by atoms with E-state index in [0.717, 1.165) is 34.5 Å². The summed E-state index contributed by atoms with van der Waals surface area (Å²) in [5, 5.41) is 0. The van der Waals surface area contributed by atoms with E-state index in [9.17, 15) is 0 Å². The molecule has 5 saturated carbocycles. The normalized spacial score (nSPS) is 56.1. The molecule has 0 aromatic rings. The molecule has 5 aliphatic rings. The molecule has 0 heteroatoms. The lowest BCUT2D eigenvalue weighted by molar-refractivity contribution is -0.0968. The summed E-state index contributed by atoms with van der Waals surface area (Å²) in [6.07, 6.45) is 15.1. The van der Waals surface area contributed by atoms with Crippen LogP contribution in [0.15, 0.2) is 11.1 Å². The summed E-state index contributed by atoms with van der Waals surface area (Å²) in [5.74, 6) is 4.02. The molecule has 0 radical (unpaired) electrons. The first-order valence-electron chi connectivity index (χ1n) is 11.9. The standard InChI is InChI=1S/C26H42/c1-7-17(2)19-8-9-20-21-10-11-22-23(4,5)18(3)12-13-26(22)16-25(21,26)15-14-24(19,20)6/h18,20-22H,7-16H2,1-6H3/b19-17+. The zero-order valence-electron chi connectivity index (χ0n) is 18.4. The summed E-state index contributed by atoms with van der Waals surface area (Å²) in [5.41, 5.74) is 6.30. The molecule has 26 heavy (non-hydrogen) atoms. The van der Waals surface area contributed by atoms with Crippen LogP contribution in [-0.2, 0) is 0 Å². The van der Waals surface area contributed by atoms with Crippen LogP contribution in [0.3, 0.4) is 0 Å². The van der Waals surface area contributed by atoms with Gasteiger partial charge < -0.3 is 0 Å². The highest BCUT2D eigenvalue weighted by Crippen LogP contribution is 2.87. The van der Waals surface area contributed by atoms with E-state index in [2.05, 4.69) is 41.5 Å². The molecule has 0 heterocycles. The van der Waals surface area contributed by atoms with Crippen molar-refractivity contribution in [3.05, 3.63) is 11.1 Å². The highest BCUT2D eigenvalue weighted by atomic mass is 14.8. The molecule has 0 aromatic heterocycles. The maximum atomic E-state index is 2.68. The zero-order valence-corrected chi connectivity index (χ0v) is 18.4. The Balaban J connectivity index is 1.51. The summed E-state index contributed by atoms with van der Waals surface area (Å²) in [4.78, 5) is 0. The van der Waals surface area contributed by atoms with Gasteiger partial charge in [0.2, 0.25) is 0 Å². The van der Waals surface area contributed by atoms with Gasteiger partial charge in [-0.25, -0.2) is 0 Å². The van der Waals surface area contributed by atoms with Crippen molar-refractivity contribution in [2.75, 3.05) is 0 Å². The molecule has 5 fully saturated rings. The van der Waals surface area contributed by atoms with Crippen LogP contribution in [0.25, 0.3) is 0 Å². The first-order chi connectivity index (χ1) is 12.2. The Morgan fingerprint density at radius 2 is 1.69 bits per heavy atom. The minimum Gasteiger partial charge on any atom is -0.0738 e. The molecule has 7 atom stereocenters. The Kier molecular flexibility index (Phi) is 3.57. The van der Waals surface area contributed by atoms with Gasteiger partial charge >= 0.3 is 0 Å². The summed E-state index contributed by atoms with van der Waals surface area (Å²) in [6, 6.07) is 0. The van der Waals surface area contributed by atoms with E-state index in [0.29, 0.717) is 10.8 Å². The third kappa shape index (κ3) is 1.84. The molecule has 5 rings (SSSR count). The fourth-order valence-electron chi connectivity index (χ4n) is 9.79. The number of hydrogen-bond acceptors (Lipinski definition) is 0. The van der Waals surface area contributed by atoms with Crippen molar-refractivity contribution in [1.82, 2.24) is 0 Å². The van der Waals surface area contributed by atoms with Crippen LogP contribution in [0.5, 0.6) is 0 Å². The average Bonchev–Trinajstić information content (AvgIpc) is 3.15. The summed E-state index contributed by atoms with van der Waals surface area (Å²) in [7, 11) is 0. The van der Waals surface area contributed by atoms with Crippen molar-refractivity contribution in [2.45, 2.75) is 106 Å². The summed E-state index contributed by atoms with van der Waals surface area (Å²) in [6.45, 7) is 15.3. The third-order valence-electron chi connectivity index (χ3n) is 11.7. The molecule has 0 bridgehead atoms. The minimum absolute atomic E-state index is 0.560. The molecule has 7 unspecified atom stereocenters. The lowest BCUT2D eigenvalue weighted by Crippen LogP contribution is -2.52. The largest absolute Gasteiger partial charge is 0.0738 e. The average molecular weight is 355 g/mol. The van der Waals surface area contributed by atoms with Crippen LogP contribution in [-0.4, -0.2) is 0 Å². The number of rotatable bonds is 1. The van der Waals surface area contributed by atoms with Crippen molar-refractivity contribution in [1.29, 1.82) is 0 Å². The monoisotopic (exact) mass is 354 g/mol. The molecule has 2 spiro atoms. The van der Waals surface area contributed by atoms with Gasteiger partial charge in [0.1, 0.15) is 0 Å². The van der Waals surface area contributed by atoms with Gasteiger partial charge in [-0.2, -0.15) is 0 Å². The van der Waals surface area contributed by atoms with Crippen molar-refractivity contribution in [2.24, 2.45) is 45.3 Å². The maximum absolute atomic E-state index is 2.68. The highest BCUT2D eigenvalue weighted by Gasteiger charge is 2.79. The van der Waals surface area contributed by atoms with Gasteiger partial charge in [-0.15, -0.1) is 0 Å². The van der Waals surface area contributed by atoms with E-state index in [1.165, 1.54) is 32.1 Å². The van der Waals surface area contributed by atoms with Crippen LogP contribution < -0.4 is 0 Å². The van der Waals surface area contributed by atoms with E-state index >= 15 is 0 Å². The van der Waals surface area contributed by atoms with Crippen LogP contribution in [0.2, 0.25) is 0 Å². The number of hydrogen-bond donors (Lipinski definition) is 0. The molecule has 146 valence electrons. The third-order valence-corrected chi connectivity index (χ3v) is 11.7. The van der Waals surface area contributed by atoms with Gasteiger partial charge in [0.05, 0.1) is 0 Å². The van der Waals surface area contributed by atoms with E-state index in [1.807, 2.05) is 5.57 Å². The van der Waals surface area contributed by atoms with Crippen LogP contribution in [0, 0.1) is 45.3 Å². The van der Waals surface area contributed by atoms with Gasteiger partial charge in [-0.1, -0.05) is 45.8 Å². The summed E-state index contributed by atoms with van der Waals surface area (Å²) < 4.78 is 0. The second-order valence-corrected chi connectivity index (χ2v) is 12.2. The second kappa shape index (κ2) is 5.21. The lowest BCUT2D eigenvalue weighted by atomic mass is 9.45. The molecule has 0 nitrogen and oxygen atoms in total. The molecular weight excluding hydrogens is 312 g/mol. The predicted molar refractivity (Wildman–Crippen MR) is 111 cm³/mol. The van der Waals surface area contributed by atoms with Gasteiger partial charge in [0.15, 0.2) is 0 Å². The Morgan fingerprint density at radius 1 is 0.923 bits per heavy atom. The topological polar surface area (TPSA) is 0 Å². The van der Waals surface area contributed by atoms with Crippen LogP contribution >= 0.6 is 0 Å². The van der Waals surface area contributed by atoms with Crippen molar-refractivity contribution in [3.63, 3.8) is 0 Å². The van der Waals surface area contributed by atoms with E-state index < -0.39 is 0 Å². The van der Waals surface area contributed by atoms with Crippen molar-refractivity contribution < 1.29 is 0 Å². The van der Waals surface area contributed by atoms with Crippen molar-refractivity contribution in [3.8, 4) is 0 Å². The minimum atomic E-state index is 0.560. The van der Waals surface area contributed by atoms with Gasteiger partial charge in [0, 0.05) is 0 Å². The fraction of sp³-hybridized carbons (Fsp3) is 0.923. The van der Waals surface area contributed by atoms with E-state index in [-0.39, 0.29) is 0 Å². The van der Waals surface area contributed by atoms with Gasteiger partial charge in [0.25, 0.3) is 0 Å². The lowest BCUT2D eigenvalue weighted by Gasteiger charge is -2.59. The zero-order chi connectivity index (χ0) is 18.5.